The highest BCUT2D eigenvalue weighted by Crippen LogP contribution is 2.29. The van der Waals surface area contributed by atoms with E-state index in [1.807, 2.05) is 37.8 Å². The van der Waals surface area contributed by atoms with Gasteiger partial charge in [0.25, 0.3) is 0 Å². The molecule has 0 bridgehead atoms. The van der Waals surface area contributed by atoms with Crippen molar-refractivity contribution in [2.24, 2.45) is 11.8 Å². The maximum Gasteiger partial charge on any atom is 0.232 e. The number of carbonyl (C=O) groups excluding carboxylic acids is 2. The Bertz CT molecular complexity index is 836. The van der Waals surface area contributed by atoms with Crippen molar-refractivity contribution in [2.75, 3.05) is 24.5 Å². The first-order valence-corrected chi connectivity index (χ1v) is 10.1. The van der Waals surface area contributed by atoms with Crippen LogP contribution in [0.25, 0.3) is 5.69 Å². The van der Waals surface area contributed by atoms with E-state index in [2.05, 4.69) is 10.1 Å². The average Bonchev–Trinajstić information content (AvgIpc) is 3.10. The topological polar surface area (TPSA) is 71.3 Å². The van der Waals surface area contributed by atoms with Crippen LogP contribution in [0.3, 0.4) is 0 Å². The van der Waals surface area contributed by atoms with Crippen molar-refractivity contribution in [3.63, 3.8) is 0 Å². The molecule has 0 N–H and O–H groups in total. The maximum absolute atomic E-state index is 13.2. The van der Waals surface area contributed by atoms with E-state index in [0.29, 0.717) is 25.3 Å². The molecular weight excluding hydrogens is 378 g/mol. The molecule has 2 aromatic heterocycles. The third-order valence-corrected chi connectivity index (χ3v) is 5.28. The predicted molar refractivity (Wildman–Crippen MR) is 109 cm³/mol. The monoisotopic (exact) mass is 403 g/mol. The fourth-order valence-corrected chi connectivity index (χ4v) is 3.79. The van der Waals surface area contributed by atoms with Crippen LogP contribution in [0.5, 0.6) is 0 Å². The molecule has 1 aliphatic rings. The molecular formula is C20H26ClN5O2. The maximum atomic E-state index is 13.2. The SMILES string of the molecule is CCN(C(=O)C1CCCN(C(=O)C(C)C)C1)c1cn(-c2cccnc2)nc1Cl. The van der Waals surface area contributed by atoms with Gasteiger partial charge in [0.1, 0.15) is 5.69 Å². The number of halogens is 1. The Balaban J connectivity index is 1.80. The molecule has 0 saturated carbocycles. The molecule has 1 fully saturated rings. The molecule has 1 unspecified atom stereocenters. The molecule has 3 heterocycles. The second kappa shape index (κ2) is 8.73. The largest absolute Gasteiger partial charge is 0.342 e. The molecule has 2 aromatic rings. The van der Waals surface area contributed by atoms with E-state index >= 15 is 0 Å². The number of hydrogen-bond donors (Lipinski definition) is 0. The summed E-state index contributed by atoms with van der Waals surface area (Å²) in [6, 6.07) is 3.68. The summed E-state index contributed by atoms with van der Waals surface area (Å²) >= 11 is 6.36. The van der Waals surface area contributed by atoms with Crippen LogP contribution in [-0.4, -0.2) is 51.1 Å². The molecule has 2 amide bonds. The van der Waals surface area contributed by atoms with Crippen molar-refractivity contribution >= 4 is 29.1 Å². The van der Waals surface area contributed by atoms with Crippen molar-refractivity contribution in [1.82, 2.24) is 19.7 Å². The van der Waals surface area contributed by atoms with Crippen LogP contribution in [0, 0.1) is 11.8 Å². The number of piperidine rings is 1. The van der Waals surface area contributed by atoms with Gasteiger partial charge in [-0.25, -0.2) is 4.68 Å². The van der Waals surface area contributed by atoms with Gasteiger partial charge in [-0.15, -0.1) is 0 Å². The fourth-order valence-electron chi connectivity index (χ4n) is 3.56. The highest BCUT2D eigenvalue weighted by atomic mass is 35.5. The summed E-state index contributed by atoms with van der Waals surface area (Å²) in [5.74, 6) is -0.211. The van der Waals surface area contributed by atoms with Crippen molar-refractivity contribution in [3.05, 3.63) is 35.9 Å². The van der Waals surface area contributed by atoms with Gasteiger partial charge in [-0.05, 0) is 31.9 Å². The minimum absolute atomic E-state index is 0.0172. The van der Waals surface area contributed by atoms with E-state index in [0.717, 1.165) is 18.5 Å². The third kappa shape index (κ3) is 4.19. The summed E-state index contributed by atoms with van der Waals surface area (Å²) in [5.41, 5.74) is 1.34. The first-order valence-electron chi connectivity index (χ1n) is 9.68. The number of carbonyl (C=O) groups is 2. The summed E-state index contributed by atoms with van der Waals surface area (Å²) in [6.45, 7) is 7.34. The number of pyridine rings is 1. The Morgan fingerprint density at radius 1 is 1.39 bits per heavy atom. The van der Waals surface area contributed by atoms with Gasteiger partial charge >= 0.3 is 0 Å². The minimum atomic E-state index is -0.228. The number of hydrogen-bond acceptors (Lipinski definition) is 4. The summed E-state index contributed by atoms with van der Waals surface area (Å²) < 4.78 is 1.62. The normalized spacial score (nSPS) is 17.0. The number of rotatable bonds is 5. The zero-order valence-corrected chi connectivity index (χ0v) is 17.3. The van der Waals surface area contributed by atoms with Gasteiger partial charge in [0.05, 0.1) is 24.0 Å². The first-order chi connectivity index (χ1) is 13.4. The molecule has 0 spiro atoms. The second-order valence-electron chi connectivity index (χ2n) is 7.32. The van der Waals surface area contributed by atoms with Crippen LogP contribution >= 0.6 is 11.6 Å². The van der Waals surface area contributed by atoms with Crippen LogP contribution in [0.1, 0.15) is 33.6 Å². The number of likely N-dealkylation sites (tertiary alicyclic amines) is 1. The lowest BCUT2D eigenvalue weighted by molar-refractivity contribution is -0.137. The van der Waals surface area contributed by atoms with Crippen molar-refractivity contribution < 1.29 is 9.59 Å². The molecule has 1 atom stereocenters. The summed E-state index contributed by atoms with van der Waals surface area (Å²) in [4.78, 5) is 33.2. The first kappa shape index (κ1) is 20.3. The number of aromatic nitrogens is 3. The fraction of sp³-hybridized carbons (Fsp3) is 0.500. The van der Waals surface area contributed by atoms with Crippen molar-refractivity contribution in [2.45, 2.75) is 33.6 Å². The quantitative estimate of drug-likeness (QED) is 0.768. The summed E-state index contributed by atoms with van der Waals surface area (Å²) in [6.07, 6.45) is 6.72. The molecule has 150 valence electrons. The molecule has 0 aliphatic carbocycles. The van der Waals surface area contributed by atoms with Gasteiger partial charge < -0.3 is 9.80 Å². The molecule has 3 rings (SSSR count). The van der Waals surface area contributed by atoms with E-state index in [9.17, 15) is 9.59 Å². The van der Waals surface area contributed by atoms with Crippen LogP contribution in [0.15, 0.2) is 30.7 Å². The molecule has 0 aromatic carbocycles. The lowest BCUT2D eigenvalue weighted by Gasteiger charge is -2.35. The van der Waals surface area contributed by atoms with Gasteiger partial charge in [0.15, 0.2) is 5.15 Å². The Kier molecular flexibility index (Phi) is 6.34. The van der Waals surface area contributed by atoms with Gasteiger partial charge in [0, 0.05) is 31.7 Å². The van der Waals surface area contributed by atoms with Gasteiger partial charge in [-0.2, -0.15) is 5.10 Å². The van der Waals surface area contributed by atoms with Gasteiger partial charge in [0.2, 0.25) is 11.8 Å². The smallest absolute Gasteiger partial charge is 0.232 e. The third-order valence-electron chi connectivity index (χ3n) is 5.01. The van der Waals surface area contributed by atoms with Crippen molar-refractivity contribution in [1.29, 1.82) is 0 Å². The number of nitrogens with zero attached hydrogens (tertiary/aromatic N) is 5. The van der Waals surface area contributed by atoms with Gasteiger partial charge in [-0.3, -0.25) is 14.6 Å². The molecule has 7 nitrogen and oxygen atoms in total. The Labute approximate surface area is 170 Å². The summed E-state index contributed by atoms with van der Waals surface area (Å²) in [5, 5.41) is 4.60. The second-order valence-corrected chi connectivity index (χ2v) is 7.68. The molecule has 1 saturated heterocycles. The Morgan fingerprint density at radius 3 is 2.82 bits per heavy atom. The van der Waals surface area contributed by atoms with Crippen molar-refractivity contribution in [3.8, 4) is 5.69 Å². The summed E-state index contributed by atoms with van der Waals surface area (Å²) in [7, 11) is 0. The average molecular weight is 404 g/mol. The van der Waals surface area contributed by atoms with Crippen LogP contribution in [0.4, 0.5) is 5.69 Å². The molecule has 1 aliphatic heterocycles. The highest BCUT2D eigenvalue weighted by molar-refractivity contribution is 6.32. The van der Waals surface area contributed by atoms with Gasteiger partial charge in [-0.1, -0.05) is 25.4 Å². The standard InChI is InChI=1S/C20H26ClN5O2/c1-4-25(17-13-26(23-18(17)21)16-8-5-9-22-11-16)20(28)15-7-6-10-24(12-15)19(27)14(2)3/h5,8-9,11,13-15H,4,6-7,10,12H2,1-3H3. The zero-order chi connectivity index (χ0) is 20.3. The van der Waals surface area contributed by atoms with E-state index in [1.54, 1.807) is 28.2 Å². The Morgan fingerprint density at radius 2 is 2.18 bits per heavy atom. The molecule has 0 radical (unpaired) electrons. The minimum Gasteiger partial charge on any atom is -0.342 e. The van der Waals surface area contributed by atoms with Crippen LogP contribution < -0.4 is 4.90 Å². The molecule has 28 heavy (non-hydrogen) atoms. The zero-order valence-electron chi connectivity index (χ0n) is 16.5. The van der Waals surface area contributed by atoms with E-state index < -0.39 is 0 Å². The van der Waals surface area contributed by atoms with E-state index in [1.165, 1.54) is 0 Å². The van der Waals surface area contributed by atoms with Crippen LogP contribution in [0.2, 0.25) is 5.15 Å². The van der Waals surface area contributed by atoms with Crippen LogP contribution in [-0.2, 0) is 9.59 Å². The molecule has 8 heteroatoms. The Hall–Kier alpha value is -2.41. The predicted octanol–water partition coefficient (Wildman–Crippen LogP) is 3.17. The number of anilines is 1. The van der Waals surface area contributed by atoms with E-state index in [-0.39, 0.29) is 28.8 Å². The lowest BCUT2D eigenvalue weighted by Crippen LogP contribution is -2.47. The number of amides is 2. The highest BCUT2D eigenvalue weighted by Gasteiger charge is 2.33. The lowest BCUT2D eigenvalue weighted by atomic mass is 9.95. The van der Waals surface area contributed by atoms with E-state index in [4.69, 9.17) is 11.6 Å².